The van der Waals surface area contributed by atoms with Gasteiger partial charge in [-0.3, -0.25) is 0 Å². The summed E-state index contributed by atoms with van der Waals surface area (Å²) < 4.78 is 34.6. The number of aromatic nitrogens is 5. The van der Waals surface area contributed by atoms with Crippen LogP contribution in [0, 0.1) is 11.6 Å². The second-order valence-corrected chi connectivity index (χ2v) is 9.92. The van der Waals surface area contributed by atoms with Gasteiger partial charge in [0.2, 0.25) is 0 Å². The SMILES string of the molecule is CCCSc1nc(NC2C[C@H]2c2ccc(F)c(F)c2)c2nnn(C3CCC(OCCO)C3)c2n1. The number of nitrogens with one attached hydrogen (secondary N) is 1. The molecule has 0 saturated heterocycles. The van der Waals surface area contributed by atoms with Crippen LogP contribution in [0.25, 0.3) is 11.2 Å². The molecule has 5 rings (SSSR count). The molecule has 2 aliphatic carbocycles. The molecule has 2 aromatic heterocycles. The highest BCUT2D eigenvalue weighted by Gasteiger charge is 2.40. The molecule has 3 aromatic rings. The van der Waals surface area contributed by atoms with Crippen LogP contribution in [0.5, 0.6) is 0 Å². The zero-order valence-electron chi connectivity index (χ0n) is 19.0. The maximum absolute atomic E-state index is 13.7. The Kier molecular flexibility index (Phi) is 6.94. The van der Waals surface area contributed by atoms with Crippen LogP contribution in [-0.4, -0.2) is 61.2 Å². The molecule has 3 unspecified atom stereocenters. The van der Waals surface area contributed by atoms with Gasteiger partial charge in [0.15, 0.2) is 33.8 Å². The van der Waals surface area contributed by atoms with E-state index in [1.54, 1.807) is 17.8 Å². The zero-order chi connectivity index (χ0) is 23.7. The topological polar surface area (TPSA) is 98.0 Å². The van der Waals surface area contributed by atoms with E-state index >= 15 is 0 Å². The maximum atomic E-state index is 13.7. The Hall–Kier alpha value is -2.37. The van der Waals surface area contributed by atoms with Gasteiger partial charge >= 0.3 is 0 Å². The first-order valence-corrected chi connectivity index (χ1v) is 12.8. The van der Waals surface area contributed by atoms with Crippen molar-refractivity contribution in [3.63, 3.8) is 0 Å². The van der Waals surface area contributed by atoms with Crippen LogP contribution in [0.4, 0.5) is 14.6 Å². The number of fused-ring (bicyclic) bond motifs is 1. The molecule has 2 heterocycles. The Bertz CT molecular complexity index is 1160. The van der Waals surface area contributed by atoms with Crippen molar-refractivity contribution in [3.05, 3.63) is 35.4 Å². The predicted octanol–water partition coefficient (Wildman–Crippen LogP) is 4.07. The van der Waals surface area contributed by atoms with E-state index in [1.165, 1.54) is 12.1 Å². The van der Waals surface area contributed by atoms with Crippen LogP contribution in [0.15, 0.2) is 23.4 Å². The van der Waals surface area contributed by atoms with E-state index in [2.05, 4.69) is 22.6 Å². The smallest absolute Gasteiger partial charge is 0.191 e. The van der Waals surface area contributed by atoms with Crippen molar-refractivity contribution in [2.45, 2.75) is 68.3 Å². The fourth-order valence-electron chi connectivity index (χ4n) is 4.57. The number of aliphatic hydroxyl groups excluding tert-OH is 1. The summed E-state index contributed by atoms with van der Waals surface area (Å²) in [6, 6.07) is 4.25. The molecular weight excluding hydrogens is 462 g/mol. The van der Waals surface area contributed by atoms with Gasteiger partial charge in [0.05, 0.1) is 25.4 Å². The standard InChI is InChI=1S/C23H28F2N6O2S/c1-2-9-34-23-27-21(26-19-12-16(19)13-3-6-17(24)18(25)10-13)20-22(28-23)31(30-29-20)14-4-5-15(11-14)33-8-7-32/h3,6,10,14-16,19,32H,2,4-5,7-9,11-12H2,1H3,(H,26,27,28)/t14?,15?,16-,19?/m0/s1. The summed E-state index contributed by atoms with van der Waals surface area (Å²) in [7, 11) is 0. The van der Waals surface area contributed by atoms with E-state index in [4.69, 9.17) is 19.8 Å². The van der Waals surface area contributed by atoms with Crippen LogP contribution < -0.4 is 5.32 Å². The van der Waals surface area contributed by atoms with Crippen molar-refractivity contribution < 1.29 is 18.6 Å². The number of aliphatic hydroxyl groups is 1. The lowest BCUT2D eigenvalue weighted by Crippen LogP contribution is -2.14. The Labute approximate surface area is 200 Å². The molecule has 2 fully saturated rings. The molecule has 1 aromatic carbocycles. The molecule has 182 valence electrons. The Morgan fingerprint density at radius 2 is 2.09 bits per heavy atom. The summed E-state index contributed by atoms with van der Waals surface area (Å²) >= 11 is 1.59. The molecule has 0 radical (unpaired) electrons. The van der Waals surface area contributed by atoms with Gasteiger partial charge in [-0.1, -0.05) is 30.0 Å². The highest BCUT2D eigenvalue weighted by molar-refractivity contribution is 7.99. The van der Waals surface area contributed by atoms with Gasteiger partial charge in [-0.05, 0) is 49.8 Å². The number of rotatable bonds is 10. The predicted molar refractivity (Wildman–Crippen MR) is 125 cm³/mol. The highest BCUT2D eigenvalue weighted by atomic mass is 32.2. The van der Waals surface area contributed by atoms with Crippen molar-refractivity contribution in [3.8, 4) is 0 Å². The van der Waals surface area contributed by atoms with Crippen LogP contribution in [0.3, 0.4) is 0 Å². The van der Waals surface area contributed by atoms with Gasteiger partial charge in [-0.15, -0.1) is 5.10 Å². The summed E-state index contributed by atoms with van der Waals surface area (Å²) in [5.74, 6) is -0.0613. The van der Waals surface area contributed by atoms with E-state index in [1.807, 2.05) is 4.68 Å². The normalized spacial score (nSPS) is 24.1. The minimum atomic E-state index is -0.837. The van der Waals surface area contributed by atoms with Gasteiger partial charge in [-0.2, -0.15) is 0 Å². The second kappa shape index (κ2) is 10.1. The summed E-state index contributed by atoms with van der Waals surface area (Å²) in [5, 5.41) is 22.0. The molecule has 4 atom stereocenters. The van der Waals surface area contributed by atoms with Crippen molar-refractivity contribution in [1.29, 1.82) is 0 Å². The molecule has 8 nitrogen and oxygen atoms in total. The average Bonchev–Trinajstić information content (AvgIpc) is 3.23. The summed E-state index contributed by atoms with van der Waals surface area (Å²) in [5.41, 5.74) is 2.07. The van der Waals surface area contributed by atoms with Crippen molar-refractivity contribution >= 4 is 28.7 Å². The maximum Gasteiger partial charge on any atom is 0.191 e. The molecule has 0 spiro atoms. The summed E-state index contributed by atoms with van der Waals surface area (Å²) in [4.78, 5) is 9.48. The third-order valence-electron chi connectivity index (χ3n) is 6.37. The van der Waals surface area contributed by atoms with Crippen LogP contribution in [-0.2, 0) is 4.74 Å². The number of halogens is 2. The van der Waals surface area contributed by atoms with Crippen molar-refractivity contribution in [2.75, 3.05) is 24.3 Å². The largest absolute Gasteiger partial charge is 0.394 e. The molecule has 0 bridgehead atoms. The number of ether oxygens (including phenoxy) is 1. The number of hydrogen-bond acceptors (Lipinski definition) is 8. The molecule has 2 aliphatic rings. The fourth-order valence-corrected chi connectivity index (χ4v) is 5.26. The van der Waals surface area contributed by atoms with Crippen LogP contribution in [0.1, 0.15) is 56.6 Å². The minimum Gasteiger partial charge on any atom is -0.394 e. The molecule has 0 aliphatic heterocycles. The number of nitrogens with zero attached hydrogens (tertiary/aromatic N) is 5. The van der Waals surface area contributed by atoms with Crippen LogP contribution in [0.2, 0.25) is 0 Å². The lowest BCUT2D eigenvalue weighted by atomic mass is 10.1. The van der Waals surface area contributed by atoms with Crippen molar-refractivity contribution in [2.24, 2.45) is 0 Å². The lowest BCUT2D eigenvalue weighted by Gasteiger charge is -2.13. The number of benzene rings is 1. The quantitative estimate of drug-likeness (QED) is 0.324. The zero-order valence-corrected chi connectivity index (χ0v) is 19.8. The Morgan fingerprint density at radius 3 is 2.88 bits per heavy atom. The Morgan fingerprint density at radius 1 is 1.21 bits per heavy atom. The van der Waals surface area contributed by atoms with Crippen LogP contribution >= 0.6 is 11.8 Å². The first kappa shape index (κ1) is 23.4. The first-order valence-electron chi connectivity index (χ1n) is 11.8. The number of thioether (sulfide) groups is 1. The highest BCUT2D eigenvalue weighted by Crippen LogP contribution is 2.44. The van der Waals surface area contributed by atoms with E-state index in [9.17, 15) is 8.78 Å². The van der Waals surface area contributed by atoms with Gasteiger partial charge in [0, 0.05) is 17.7 Å². The molecule has 2 N–H and O–H groups in total. The summed E-state index contributed by atoms with van der Waals surface area (Å²) in [6.07, 6.45) is 4.49. The molecule has 34 heavy (non-hydrogen) atoms. The van der Waals surface area contributed by atoms with E-state index < -0.39 is 11.6 Å². The third-order valence-corrected chi connectivity index (χ3v) is 7.42. The van der Waals surface area contributed by atoms with Gasteiger partial charge in [0.1, 0.15) is 0 Å². The molecule has 11 heteroatoms. The van der Waals surface area contributed by atoms with Gasteiger partial charge in [0.25, 0.3) is 0 Å². The summed E-state index contributed by atoms with van der Waals surface area (Å²) in [6.45, 7) is 2.46. The molecule has 2 saturated carbocycles. The monoisotopic (exact) mass is 490 g/mol. The van der Waals surface area contributed by atoms with E-state index in [0.717, 1.165) is 43.4 Å². The van der Waals surface area contributed by atoms with Gasteiger partial charge in [-0.25, -0.2) is 23.4 Å². The second-order valence-electron chi connectivity index (χ2n) is 8.86. The van der Waals surface area contributed by atoms with Gasteiger partial charge < -0.3 is 15.2 Å². The average molecular weight is 491 g/mol. The number of anilines is 1. The fraction of sp³-hybridized carbons (Fsp3) is 0.565. The lowest BCUT2D eigenvalue weighted by molar-refractivity contribution is 0.0309. The minimum absolute atomic E-state index is 0.0143. The third kappa shape index (κ3) is 4.87. The first-order chi connectivity index (χ1) is 16.6. The molecular formula is C23H28F2N6O2S. The number of hydrogen-bond donors (Lipinski definition) is 2. The molecule has 0 amide bonds. The van der Waals surface area contributed by atoms with Crippen molar-refractivity contribution in [1.82, 2.24) is 25.0 Å². The Balaban J connectivity index is 1.38. The van der Waals surface area contributed by atoms with E-state index in [-0.39, 0.29) is 30.7 Å². The van der Waals surface area contributed by atoms with E-state index in [0.29, 0.717) is 28.7 Å².